The normalized spacial score (nSPS) is 11.0. The Kier molecular flexibility index (Phi) is 2.56. The molecule has 0 saturated carbocycles. The molecule has 96 valence electrons. The number of furan rings is 1. The maximum Gasteiger partial charge on any atom is 0.433 e. The van der Waals surface area contributed by atoms with Crippen molar-refractivity contribution in [2.45, 2.75) is 6.54 Å². The largest absolute Gasteiger partial charge is 0.433 e. The van der Waals surface area contributed by atoms with Crippen LogP contribution in [0.25, 0.3) is 10.9 Å². The number of aromatic nitrogens is 1. The molecule has 3 aromatic rings. The number of halogens is 1. The molecule has 0 N–H and O–H groups in total. The number of hydrogen-bond donors (Lipinski definition) is 0. The third kappa shape index (κ3) is 2.08. The van der Waals surface area contributed by atoms with Crippen molar-refractivity contribution in [2.75, 3.05) is 0 Å². The van der Waals surface area contributed by atoms with E-state index >= 15 is 0 Å². The van der Waals surface area contributed by atoms with Gasteiger partial charge in [0.15, 0.2) is 0 Å². The summed E-state index contributed by atoms with van der Waals surface area (Å²) in [6.45, 7) is 0.320. The van der Waals surface area contributed by atoms with Gasteiger partial charge in [0.05, 0.1) is 18.1 Å². The predicted octanol–water partition coefficient (Wildman–Crippen LogP) is 3.33. The van der Waals surface area contributed by atoms with E-state index in [1.807, 2.05) is 6.07 Å². The highest BCUT2D eigenvalue weighted by Gasteiger charge is 2.12. The second-order valence-corrected chi connectivity index (χ2v) is 4.14. The second kappa shape index (κ2) is 4.24. The molecule has 0 amide bonds. The molecule has 19 heavy (non-hydrogen) atoms. The van der Waals surface area contributed by atoms with Gasteiger partial charge in [0.25, 0.3) is 0 Å². The third-order valence-corrected chi connectivity index (χ3v) is 2.89. The molecule has 0 spiro atoms. The van der Waals surface area contributed by atoms with Crippen LogP contribution in [0.1, 0.15) is 5.76 Å². The molecule has 0 saturated heterocycles. The van der Waals surface area contributed by atoms with Crippen molar-refractivity contribution in [2.24, 2.45) is 0 Å². The average Bonchev–Trinajstić information content (AvgIpc) is 2.98. The van der Waals surface area contributed by atoms with E-state index in [0.29, 0.717) is 12.3 Å². The first-order valence-corrected chi connectivity index (χ1v) is 5.61. The SMILES string of the molecule is O=[N+]([O-])c1ccc(Cn2ccc3ccc(F)cc32)o1. The van der Waals surface area contributed by atoms with E-state index in [1.54, 1.807) is 22.9 Å². The zero-order chi connectivity index (χ0) is 13.4. The van der Waals surface area contributed by atoms with Crippen molar-refractivity contribution in [3.8, 4) is 0 Å². The minimum absolute atomic E-state index is 0.294. The van der Waals surface area contributed by atoms with Gasteiger partial charge in [-0.05, 0) is 35.7 Å². The zero-order valence-electron chi connectivity index (χ0n) is 9.75. The van der Waals surface area contributed by atoms with Crippen LogP contribution in [-0.2, 0) is 6.54 Å². The highest BCUT2D eigenvalue weighted by molar-refractivity contribution is 5.80. The van der Waals surface area contributed by atoms with Gasteiger partial charge in [-0.2, -0.15) is 0 Å². The number of fused-ring (bicyclic) bond motifs is 1. The molecule has 0 aliphatic carbocycles. The molecule has 3 rings (SSSR count). The molecular formula is C13H9FN2O3. The Morgan fingerprint density at radius 1 is 1.26 bits per heavy atom. The fourth-order valence-electron chi connectivity index (χ4n) is 2.01. The van der Waals surface area contributed by atoms with E-state index in [9.17, 15) is 14.5 Å². The molecule has 0 aliphatic heterocycles. The Morgan fingerprint density at radius 3 is 2.84 bits per heavy atom. The highest BCUT2D eigenvalue weighted by atomic mass is 19.1. The molecule has 6 heteroatoms. The van der Waals surface area contributed by atoms with Crippen LogP contribution in [0.3, 0.4) is 0 Å². The molecule has 5 nitrogen and oxygen atoms in total. The van der Waals surface area contributed by atoms with E-state index in [2.05, 4.69) is 0 Å². The van der Waals surface area contributed by atoms with Crippen molar-refractivity contribution >= 4 is 16.8 Å². The Morgan fingerprint density at radius 2 is 2.11 bits per heavy atom. The molecule has 2 aromatic heterocycles. The fraction of sp³-hybridized carbons (Fsp3) is 0.0769. The topological polar surface area (TPSA) is 61.2 Å². The lowest BCUT2D eigenvalue weighted by Crippen LogP contribution is -1.96. The molecule has 0 unspecified atom stereocenters. The second-order valence-electron chi connectivity index (χ2n) is 4.14. The lowest BCUT2D eigenvalue weighted by Gasteiger charge is -2.02. The Bertz CT molecular complexity index is 760. The van der Waals surface area contributed by atoms with E-state index in [1.165, 1.54) is 18.2 Å². The molecule has 0 bridgehead atoms. The van der Waals surface area contributed by atoms with E-state index in [-0.39, 0.29) is 11.7 Å². The maximum absolute atomic E-state index is 13.2. The molecular weight excluding hydrogens is 251 g/mol. The number of nitro groups is 1. The number of nitrogens with zero attached hydrogens (tertiary/aromatic N) is 2. The molecule has 0 fully saturated rings. The first-order chi connectivity index (χ1) is 9.13. The summed E-state index contributed by atoms with van der Waals surface area (Å²) in [7, 11) is 0. The standard InChI is InChI=1S/C13H9FN2O3/c14-10-2-1-9-5-6-15(12(9)7-10)8-11-3-4-13(19-11)16(17)18/h1-7H,8H2. The lowest BCUT2D eigenvalue weighted by atomic mass is 10.2. The van der Waals surface area contributed by atoms with Gasteiger partial charge in [-0.25, -0.2) is 4.39 Å². The molecule has 0 aliphatic rings. The van der Waals surface area contributed by atoms with Gasteiger partial charge in [-0.15, -0.1) is 0 Å². The maximum atomic E-state index is 13.2. The lowest BCUT2D eigenvalue weighted by molar-refractivity contribution is -0.402. The van der Waals surface area contributed by atoms with E-state index in [0.717, 1.165) is 10.9 Å². The summed E-state index contributed by atoms with van der Waals surface area (Å²) in [4.78, 5) is 9.94. The van der Waals surface area contributed by atoms with Gasteiger partial charge in [-0.1, -0.05) is 0 Å². The Balaban J connectivity index is 1.96. The van der Waals surface area contributed by atoms with Crippen LogP contribution in [0.2, 0.25) is 0 Å². The smallest absolute Gasteiger partial charge is 0.404 e. The molecule has 1 aromatic carbocycles. The first-order valence-electron chi connectivity index (χ1n) is 5.61. The average molecular weight is 260 g/mol. The van der Waals surface area contributed by atoms with Crippen LogP contribution in [0, 0.1) is 15.9 Å². The van der Waals surface area contributed by atoms with Crippen LogP contribution in [0.4, 0.5) is 10.3 Å². The number of benzene rings is 1. The van der Waals surface area contributed by atoms with Crippen LogP contribution in [0.15, 0.2) is 47.0 Å². The number of hydrogen-bond acceptors (Lipinski definition) is 3. The van der Waals surface area contributed by atoms with E-state index in [4.69, 9.17) is 4.42 Å². The highest BCUT2D eigenvalue weighted by Crippen LogP contribution is 2.21. The van der Waals surface area contributed by atoms with Crippen molar-refractivity contribution in [1.82, 2.24) is 4.57 Å². The summed E-state index contributed by atoms with van der Waals surface area (Å²) in [5.41, 5.74) is 0.721. The Labute approximate surface area is 107 Å². The van der Waals surface area contributed by atoms with Crippen LogP contribution >= 0.6 is 0 Å². The van der Waals surface area contributed by atoms with Crippen molar-refractivity contribution in [3.05, 3.63) is 64.3 Å². The third-order valence-electron chi connectivity index (χ3n) is 2.89. The summed E-state index contributed by atoms with van der Waals surface area (Å²) in [5, 5.41) is 11.4. The summed E-state index contributed by atoms with van der Waals surface area (Å²) < 4.78 is 20.1. The quantitative estimate of drug-likeness (QED) is 0.536. The number of rotatable bonds is 3. The molecule has 0 radical (unpaired) electrons. The van der Waals surface area contributed by atoms with Gasteiger partial charge < -0.3 is 8.98 Å². The molecule has 2 heterocycles. The van der Waals surface area contributed by atoms with Crippen molar-refractivity contribution < 1.29 is 13.7 Å². The van der Waals surface area contributed by atoms with Gasteiger partial charge in [0.1, 0.15) is 16.5 Å². The van der Waals surface area contributed by atoms with Crippen LogP contribution in [-0.4, -0.2) is 9.49 Å². The van der Waals surface area contributed by atoms with Crippen molar-refractivity contribution in [3.63, 3.8) is 0 Å². The molecule has 0 atom stereocenters. The Hall–Kier alpha value is -2.63. The summed E-state index contributed by atoms with van der Waals surface area (Å²) >= 11 is 0. The van der Waals surface area contributed by atoms with Crippen LogP contribution < -0.4 is 0 Å². The monoisotopic (exact) mass is 260 g/mol. The van der Waals surface area contributed by atoms with Gasteiger partial charge in [-0.3, -0.25) is 10.1 Å². The van der Waals surface area contributed by atoms with Gasteiger partial charge in [0, 0.05) is 6.20 Å². The van der Waals surface area contributed by atoms with Gasteiger partial charge in [0.2, 0.25) is 0 Å². The van der Waals surface area contributed by atoms with Gasteiger partial charge >= 0.3 is 5.88 Å². The summed E-state index contributed by atoms with van der Waals surface area (Å²) in [6, 6.07) is 9.21. The summed E-state index contributed by atoms with van der Waals surface area (Å²) in [5.74, 6) is -0.163. The fourth-order valence-corrected chi connectivity index (χ4v) is 2.01. The first kappa shape index (κ1) is 11.5. The van der Waals surface area contributed by atoms with Crippen molar-refractivity contribution in [1.29, 1.82) is 0 Å². The zero-order valence-corrected chi connectivity index (χ0v) is 9.75. The minimum Gasteiger partial charge on any atom is -0.404 e. The minimum atomic E-state index is -0.586. The van der Waals surface area contributed by atoms with Crippen LogP contribution in [0.5, 0.6) is 0 Å². The van der Waals surface area contributed by atoms with E-state index < -0.39 is 4.92 Å². The summed E-state index contributed by atoms with van der Waals surface area (Å²) in [6.07, 6.45) is 1.79. The predicted molar refractivity (Wildman–Crippen MR) is 66.4 cm³/mol.